The van der Waals surface area contributed by atoms with Crippen molar-refractivity contribution in [2.45, 2.75) is 44.6 Å². The summed E-state index contributed by atoms with van der Waals surface area (Å²) >= 11 is 0. The summed E-state index contributed by atoms with van der Waals surface area (Å²) in [6.07, 6.45) is 4.15. The maximum Gasteiger partial charge on any atom is 0.302 e. The molecule has 0 spiro atoms. The lowest BCUT2D eigenvalue weighted by Crippen LogP contribution is -2.28. The Kier molecular flexibility index (Phi) is 5.41. The number of hydrogen-bond donors (Lipinski definition) is 0. The Morgan fingerprint density at radius 2 is 2.00 bits per heavy atom. The third-order valence-electron chi connectivity index (χ3n) is 3.67. The molecule has 1 saturated carbocycles. The van der Waals surface area contributed by atoms with Crippen molar-refractivity contribution < 1.29 is 19.0 Å². The number of ether oxygens (including phenoxy) is 3. The zero-order chi connectivity index (χ0) is 14.4. The van der Waals surface area contributed by atoms with Crippen LogP contribution in [-0.2, 0) is 14.3 Å². The number of para-hydroxylation sites is 1. The average molecular weight is 278 g/mol. The molecule has 2 atom stereocenters. The molecule has 0 aromatic heterocycles. The molecule has 1 aliphatic carbocycles. The van der Waals surface area contributed by atoms with Gasteiger partial charge in [0.1, 0.15) is 11.9 Å². The van der Waals surface area contributed by atoms with Crippen molar-refractivity contribution in [3.8, 4) is 5.75 Å². The van der Waals surface area contributed by atoms with E-state index < -0.39 is 0 Å². The van der Waals surface area contributed by atoms with E-state index in [1.54, 1.807) is 7.11 Å². The lowest BCUT2D eigenvalue weighted by atomic mass is 9.81. The molecule has 0 N–H and O–H groups in total. The molecule has 0 saturated heterocycles. The molecule has 20 heavy (non-hydrogen) atoms. The maximum absolute atomic E-state index is 11.3. The van der Waals surface area contributed by atoms with Crippen LogP contribution >= 0.6 is 0 Å². The first kappa shape index (κ1) is 14.9. The van der Waals surface area contributed by atoms with Gasteiger partial charge in [-0.1, -0.05) is 24.6 Å². The molecular weight excluding hydrogens is 256 g/mol. The van der Waals surface area contributed by atoms with E-state index in [0.29, 0.717) is 0 Å². The van der Waals surface area contributed by atoms with Gasteiger partial charge in [0.25, 0.3) is 0 Å². The van der Waals surface area contributed by atoms with Crippen LogP contribution in [0.5, 0.6) is 5.75 Å². The molecule has 4 nitrogen and oxygen atoms in total. The number of carbonyl (C=O) groups is 1. The zero-order valence-corrected chi connectivity index (χ0v) is 12.1. The topological polar surface area (TPSA) is 44.8 Å². The van der Waals surface area contributed by atoms with Gasteiger partial charge in [0, 0.05) is 25.5 Å². The van der Waals surface area contributed by atoms with Gasteiger partial charge in [-0.3, -0.25) is 4.79 Å². The van der Waals surface area contributed by atoms with Crippen LogP contribution in [0, 0.1) is 0 Å². The largest absolute Gasteiger partial charge is 0.467 e. The van der Waals surface area contributed by atoms with Gasteiger partial charge in [0.05, 0.1) is 0 Å². The van der Waals surface area contributed by atoms with Crippen LogP contribution < -0.4 is 4.74 Å². The molecule has 0 heterocycles. The minimum Gasteiger partial charge on any atom is -0.467 e. The van der Waals surface area contributed by atoms with Gasteiger partial charge in [0.15, 0.2) is 6.79 Å². The number of methoxy groups -OCH3 is 1. The molecule has 1 aliphatic rings. The van der Waals surface area contributed by atoms with E-state index in [1.807, 2.05) is 18.2 Å². The van der Waals surface area contributed by atoms with Gasteiger partial charge >= 0.3 is 5.97 Å². The highest BCUT2D eigenvalue weighted by molar-refractivity contribution is 5.66. The van der Waals surface area contributed by atoms with Crippen molar-refractivity contribution in [2.24, 2.45) is 0 Å². The Labute approximate surface area is 120 Å². The minimum absolute atomic E-state index is 0.0476. The van der Waals surface area contributed by atoms with Gasteiger partial charge in [-0.05, 0) is 25.3 Å². The van der Waals surface area contributed by atoms with E-state index in [9.17, 15) is 4.79 Å². The van der Waals surface area contributed by atoms with E-state index in [2.05, 4.69) is 6.07 Å². The van der Waals surface area contributed by atoms with Crippen LogP contribution in [0.4, 0.5) is 0 Å². The van der Waals surface area contributed by atoms with E-state index in [1.165, 1.54) is 6.92 Å². The summed E-state index contributed by atoms with van der Waals surface area (Å²) in [6.45, 7) is 1.70. The number of esters is 1. The molecule has 1 aromatic rings. The molecule has 0 unspecified atom stereocenters. The molecular formula is C16H22O4. The molecule has 110 valence electrons. The van der Waals surface area contributed by atoms with Crippen LogP contribution in [0.15, 0.2) is 24.3 Å². The minimum atomic E-state index is -0.211. The van der Waals surface area contributed by atoms with Gasteiger partial charge in [-0.25, -0.2) is 0 Å². The number of rotatable bonds is 5. The summed E-state index contributed by atoms with van der Waals surface area (Å²) in [7, 11) is 1.60. The fourth-order valence-electron chi connectivity index (χ4n) is 2.85. The number of hydrogen-bond acceptors (Lipinski definition) is 4. The summed E-state index contributed by atoms with van der Waals surface area (Å²) in [6, 6.07) is 7.93. The second-order valence-corrected chi connectivity index (χ2v) is 5.13. The quantitative estimate of drug-likeness (QED) is 0.612. The number of carbonyl (C=O) groups excluding carboxylic acids is 1. The highest BCUT2D eigenvalue weighted by Crippen LogP contribution is 2.39. The first-order valence-corrected chi connectivity index (χ1v) is 7.10. The average Bonchev–Trinajstić information content (AvgIpc) is 2.45. The van der Waals surface area contributed by atoms with Gasteiger partial charge in [-0.15, -0.1) is 0 Å². The van der Waals surface area contributed by atoms with Crippen molar-refractivity contribution in [1.82, 2.24) is 0 Å². The van der Waals surface area contributed by atoms with Gasteiger partial charge in [-0.2, -0.15) is 0 Å². The summed E-state index contributed by atoms with van der Waals surface area (Å²) in [4.78, 5) is 11.3. The second-order valence-electron chi connectivity index (χ2n) is 5.13. The maximum atomic E-state index is 11.3. The first-order valence-electron chi connectivity index (χ1n) is 7.10. The standard InChI is InChI=1S/C16H22O4/c1-12(17)20-16-10-6-4-8-14(16)13-7-3-5-9-15(13)19-11-18-2/h3,5,7,9,14,16H,4,6,8,10-11H2,1-2H3/t14-,16+/m1/s1. The molecule has 4 heteroatoms. The molecule has 0 bridgehead atoms. The fraction of sp³-hybridized carbons (Fsp3) is 0.562. The summed E-state index contributed by atoms with van der Waals surface area (Å²) < 4.78 is 16.1. The molecule has 2 rings (SSSR count). The molecule has 1 aromatic carbocycles. The molecule has 0 aliphatic heterocycles. The Bertz CT molecular complexity index is 444. The van der Waals surface area contributed by atoms with Crippen molar-refractivity contribution in [3.63, 3.8) is 0 Å². The van der Waals surface area contributed by atoms with Crippen molar-refractivity contribution >= 4 is 5.97 Å². The molecule has 0 amide bonds. The SMILES string of the molecule is COCOc1ccccc1[C@H]1CCCC[C@@H]1OC(C)=O. The summed E-state index contributed by atoms with van der Waals surface area (Å²) in [5, 5.41) is 0. The van der Waals surface area contributed by atoms with E-state index in [-0.39, 0.29) is 24.8 Å². The van der Waals surface area contributed by atoms with Crippen LogP contribution in [0.3, 0.4) is 0 Å². The highest BCUT2D eigenvalue weighted by Gasteiger charge is 2.30. The van der Waals surface area contributed by atoms with E-state index in [0.717, 1.165) is 37.0 Å². The van der Waals surface area contributed by atoms with Crippen LogP contribution in [0.1, 0.15) is 44.1 Å². The van der Waals surface area contributed by atoms with Crippen LogP contribution in [-0.4, -0.2) is 26.0 Å². The van der Waals surface area contributed by atoms with Crippen LogP contribution in [0.2, 0.25) is 0 Å². The normalized spacial score (nSPS) is 22.3. The predicted molar refractivity (Wildman–Crippen MR) is 75.7 cm³/mol. The number of benzene rings is 1. The third kappa shape index (κ3) is 3.73. The van der Waals surface area contributed by atoms with Gasteiger partial charge < -0.3 is 14.2 Å². The third-order valence-corrected chi connectivity index (χ3v) is 3.67. The Morgan fingerprint density at radius 3 is 2.75 bits per heavy atom. The summed E-state index contributed by atoms with van der Waals surface area (Å²) in [5.41, 5.74) is 1.11. The predicted octanol–water partition coefficient (Wildman–Crippen LogP) is 3.26. The Hall–Kier alpha value is -1.55. The summed E-state index contributed by atoms with van der Waals surface area (Å²) in [5.74, 6) is 0.816. The first-order chi connectivity index (χ1) is 9.72. The lowest BCUT2D eigenvalue weighted by molar-refractivity contribution is -0.148. The molecule has 1 fully saturated rings. The van der Waals surface area contributed by atoms with Crippen LogP contribution in [0.25, 0.3) is 0 Å². The fourth-order valence-corrected chi connectivity index (χ4v) is 2.85. The Morgan fingerprint density at radius 1 is 1.25 bits per heavy atom. The second kappa shape index (κ2) is 7.29. The van der Waals surface area contributed by atoms with Crippen molar-refractivity contribution in [1.29, 1.82) is 0 Å². The lowest BCUT2D eigenvalue weighted by Gasteiger charge is -2.32. The van der Waals surface area contributed by atoms with Crippen molar-refractivity contribution in [3.05, 3.63) is 29.8 Å². The van der Waals surface area contributed by atoms with Crippen molar-refractivity contribution in [2.75, 3.05) is 13.9 Å². The smallest absolute Gasteiger partial charge is 0.302 e. The van der Waals surface area contributed by atoms with E-state index in [4.69, 9.17) is 14.2 Å². The zero-order valence-electron chi connectivity index (χ0n) is 12.1. The van der Waals surface area contributed by atoms with E-state index >= 15 is 0 Å². The molecule has 0 radical (unpaired) electrons. The highest BCUT2D eigenvalue weighted by atomic mass is 16.7. The Balaban J connectivity index is 2.20. The van der Waals surface area contributed by atoms with Gasteiger partial charge in [0.2, 0.25) is 0 Å². The monoisotopic (exact) mass is 278 g/mol.